The minimum Gasteiger partial charge on any atom is -0.479 e. The molecule has 0 aromatic carbocycles. The number of aliphatic carboxylic acids is 1. The molecule has 1 saturated heterocycles. The molecule has 7 atom stereocenters. The van der Waals surface area contributed by atoms with Crippen LogP contribution in [0.1, 0.15) is 84.0 Å². The van der Waals surface area contributed by atoms with Crippen molar-refractivity contribution < 1.29 is 39.8 Å². The van der Waals surface area contributed by atoms with Crippen LogP contribution in [0.15, 0.2) is 12.2 Å². The van der Waals surface area contributed by atoms with E-state index in [9.17, 15) is 25.2 Å². The Morgan fingerprint density at radius 1 is 0.939 bits per heavy atom. The summed E-state index contributed by atoms with van der Waals surface area (Å²) in [4.78, 5) is 11.1. The number of ether oxygens (including phenoxy) is 2. The number of carboxylic acid groups (broad SMARTS) is 1. The van der Waals surface area contributed by atoms with E-state index in [1.807, 2.05) is 6.08 Å². The molecule has 7 unspecified atom stereocenters. The molecule has 9 heteroatoms. The zero-order valence-electron chi connectivity index (χ0n) is 19.9. The first-order valence-corrected chi connectivity index (χ1v) is 12.4. The number of carbonyl (C=O) groups is 1. The molecule has 9 nitrogen and oxygen atoms in total. The molecule has 1 heterocycles. The van der Waals surface area contributed by atoms with E-state index in [0.717, 1.165) is 19.3 Å². The summed E-state index contributed by atoms with van der Waals surface area (Å²) in [6.07, 6.45) is 8.98. The van der Waals surface area contributed by atoms with Crippen molar-refractivity contribution in [3.8, 4) is 0 Å². The van der Waals surface area contributed by atoms with Gasteiger partial charge in [-0.1, -0.05) is 83.3 Å². The molecule has 33 heavy (non-hydrogen) atoms. The van der Waals surface area contributed by atoms with Gasteiger partial charge in [-0.3, -0.25) is 0 Å². The number of carboxylic acids is 1. The Hall–Kier alpha value is -1.07. The van der Waals surface area contributed by atoms with E-state index in [0.29, 0.717) is 0 Å². The fourth-order valence-electron chi connectivity index (χ4n) is 3.80. The van der Waals surface area contributed by atoms with E-state index < -0.39 is 48.8 Å². The van der Waals surface area contributed by atoms with Crippen LogP contribution in [0.5, 0.6) is 0 Å². The maximum Gasteiger partial charge on any atom is 0.335 e. The van der Waals surface area contributed by atoms with E-state index in [1.54, 1.807) is 6.08 Å². The second-order valence-corrected chi connectivity index (χ2v) is 8.98. The molecule has 1 rings (SSSR count). The molecular formula is C24H45NO8. The standard InChI is InChI=1S/C24H45NO8/c1-2-3-4-5-6-7-8-9-10-11-12-13-14-15-18(26)17(25)16-32-24-21(29)19(27)20(28)22(33-24)23(30)31/h14-15,17-22,24,26-29H,2-13,16,25H2,1H3,(H,30,31). The lowest BCUT2D eigenvalue weighted by molar-refractivity contribution is -0.295. The van der Waals surface area contributed by atoms with Gasteiger partial charge < -0.3 is 40.7 Å². The highest BCUT2D eigenvalue weighted by Gasteiger charge is 2.47. The number of hydrogen-bond donors (Lipinski definition) is 6. The maximum absolute atomic E-state index is 11.1. The fourth-order valence-corrected chi connectivity index (χ4v) is 3.80. The summed E-state index contributed by atoms with van der Waals surface area (Å²) >= 11 is 0. The number of rotatable bonds is 18. The lowest BCUT2D eigenvalue weighted by Crippen LogP contribution is -2.60. The van der Waals surface area contributed by atoms with Crippen LogP contribution in [0.4, 0.5) is 0 Å². The quantitative estimate of drug-likeness (QED) is 0.128. The highest BCUT2D eigenvalue weighted by Crippen LogP contribution is 2.22. The van der Waals surface area contributed by atoms with E-state index in [4.69, 9.17) is 20.3 Å². The van der Waals surface area contributed by atoms with Crippen LogP contribution in [0.3, 0.4) is 0 Å². The number of nitrogens with two attached hydrogens (primary N) is 1. The number of aliphatic hydroxyl groups excluding tert-OH is 4. The van der Waals surface area contributed by atoms with Gasteiger partial charge in [0.05, 0.1) is 18.8 Å². The summed E-state index contributed by atoms with van der Waals surface area (Å²) in [5.74, 6) is -1.49. The van der Waals surface area contributed by atoms with Crippen LogP contribution >= 0.6 is 0 Å². The average molecular weight is 476 g/mol. The summed E-state index contributed by atoms with van der Waals surface area (Å²) in [5, 5.41) is 48.6. The van der Waals surface area contributed by atoms with Gasteiger partial charge in [0.1, 0.15) is 18.3 Å². The van der Waals surface area contributed by atoms with Gasteiger partial charge >= 0.3 is 5.97 Å². The summed E-state index contributed by atoms with van der Waals surface area (Å²) in [7, 11) is 0. The summed E-state index contributed by atoms with van der Waals surface area (Å²) in [5.41, 5.74) is 5.89. The Bertz CT molecular complexity index is 547. The van der Waals surface area contributed by atoms with Crippen LogP contribution in [0.25, 0.3) is 0 Å². The predicted molar refractivity (Wildman–Crippen MR) is 124 cm³/mol. The molecule has 1 fully saturated rings. The first-order chi connectivity index (χ1) is 15.8. The molecule has 0 aliphatic carbocycles. The Morgan fingerprint density at radius 3 is 2.03 bits per heavy atom. The average Bonchev–Trinajstić information content (AvgIpc) is 2.79. The zero-order valence-corrected chi connectivity index (χ0v) is 19.9. The third-order valence-electron chi connectivity index (χ3n) is 6.01. The van der Waals surface area contributed by atoms with E-state index in [2.05, 4.69) is 6.92 Å². The lowest BCUT2D eigenvalue weighted by atomic mass is 9.99. The molecule has 0 spiro atoms. The van der Waals surface area contributed by atoms with Gasteiger partial charge in [0.25, 0.3) is 0 Å². The number of aliphatic hydroxyl groups is 4. The van der Waals surface area contributed by atoms with E-state index >= 15 is 0 Å². The smallest absolute Gasteiger partial charge is 0.335 e. The minimum atomic E-state index is -1.78. The molecular weight excluding hydrogens is 430 g/mol. The number of allylic oxidation sites excluding steroid dienone is 1. The normalized spacial score (nSPS) is 27.6. The van der Waals surface area contributed by atoms with Gasteiger partial charge in [0.15, 0.2) is 12.4 Å². The molecule has 0 amide bonds. The second kappa shape index (κ2) is 17.4. The van der Waals surface area contributed by atoms with E-state index in [-0.39, 0.29) is 6.61 Å². The van der Waals surface area contributed by atoms with Crippen LogP contribution in [-0.4, -0.2) is 81.0 Å². The molecule has 0 radical (unpaired) electrons. The topological polar surface area (TPSA) is 163 Å². The van der Waals surface area contributed by atoms with Crippen molar-refractivity contribution in [2.45, 2.75) is 127 Å². The van der Waals surface area contributed by atoms with Gasteiger partial charge in [0.2, 0.25) is 0 Å². The van der Waals surface area contributed by atoms with Crippen LogP contribution in [0, 0.1) is 0 Å². The highest BCUT2D eigenvalue weighted by atomic mass is 16.7. The van der Waals surface area contributed by atoms with Crippen LogP contribution in [0.2, 0.25) is 0 Å². The van der Waals surface area contributed by atoms with Crippen LogP contribution in [-0.2, 0) is 14.3 Å². The van der Waals surface area contributed by atoms with Crippen molar-refractivity contribution in [1.82, 2.24) is 0 Å². The molecule has 194 valence electrons. The maximum atomic E-state index is 11.1. The van der Waals surface area contributed by atoms with Crippen molar-refractivity contribution in [3.05, 3.63) is 12.2 Å². The monoisotopic (exact) mass is 475 g/mol. The van der Waals surface area contributed by atoms with Gasteiger partial charge in [-0.15, -0.1) is 0 Å². The largest absolute Gasteiger partial charge is 0.479 e. The SMILES string of the molecule is CCCCCCCCCCCCCC=CC(O)C(N)COC1OC(C(=O)O)C(O)C(O)C1O. The van der Waals surface area contributed by atoms with Gasteiger partial charge in [0, 0.05) is 0 Å². The highest BCUT2D eigenvalue weighted by molar-refractivity contribution is 5.73. The molecule has 0 saturated carbocycles. The van der Waals surface area contributed by atoms with Crippen molar-refractivity contribution in [2.24, 2.45) is 5.73 Å². The first kappa shape index (κ1) is 30.0. The van der Waals surface area contributed by atoms with Gasteiger partial charge in [-0.25, -0.2) is 4.79 Å². The third-order valence-corrected chi connectivity index (χ3v) is 6.01. The molecule has 1 aliphatic heterocycles. The first-order valence-electron chi connectivity index (χ1n) is 12.4. The Balaban J connectivity index is 2.15. The Morgan fingerprint density at radius 2 is 1.48 bits per heavy atom. The Labute approximate surface area is 197 Å². The summed E-state index contributed by atoms with van der Waals surface area (Å²) in [6, 6.07) is -0.832. The summed E-state index contributed by atoms with van der Waals surface area (Å²) in [6.45, 7) is 2.00. The van der Waals surface area contributed by atoms with Crippen molar-refractivity contribution in [3.63, 3.8) is 0 Å². The number of hydrogen-bond acceptors (Lipinski definition) is 8. The third kappa shape index (κ3) is 11.8. The molecule has 0 aromatic rings. The minimum absolute atomic E-state index is 0.235. The molecule has 0 aromatic heterocycles. The zero-order chi connectivity index (χ0) is 24.6. The Kier molecular flexibility index (Phi) is 15.8. The molecule has 1 aliphatic rings. The summed E-state index contributed by atoms with van der Waals surface area (Å²) < 4.78 is 10.3. The van der Waals surface area contributed by atoms with Crippen LogP contribution < -0.4 is 5.73 Å². The molecule has 0 bridgehead atoms. The van der Waals surface area contributed by atoms with Gasteiger partial charge in [-0.05, 0) is 12.8 Å². The van der Waals surface area contributed by atoms with Crippen molar-refractivity contribution in [1.29, 1.82) is 0 Å². The van der Waals surface area contributed by atoms with Gasteiger partial charge in [-0.2, -0.15) is 0 Å². The number of unbranched alkanes of at least 4 members (excludes halogenated alkanes) is 11. The predicted octanol–water partition coefficient (Wildman–Crippen LogP) is 1.84. The fraction of sp³-hybridized carbons (Fsp3) is 0.875. The van der Waals surface area contributed by atoms with E-state index in [1.165, 1.54) is 57.8 Å². The second-order valence-electron chi connectivity index (χ2n) is 8.98. The lowest BCUT2D eigenvalue weighted by Gasteiger charge is -2.38. The van der Waals surface area contributed by atoms with Crippen molar-refractivity contribution >= 4 is 5.97 Å². The van der Waals surface area contributed by atoms with Crippen molar-refractivity contribution in [2.75, 3.05) is 6.61 Å². The molecule has 7 N–H and O–H groups in total.